The van der Waals surface area contributed by atoms with Gasteiger partial charge in [0.2, 0.25) is 0 Å². The van der Waals surface area contributed by atoms with Gasteiger partial charge >= 0.3 is 0 Å². The van der Waals surface area contributed by atoms with Crippen molar-refractivity contribution >= 4 is 0 Å². The monoisotopic (exact) mass is 223 g/mol. The predicted octanol–water partition coefficient (Wildman–Crippen LogP) is 2.38. The first-order valence-electron chi connectivity index (χ1n) is 5.73. The van der Waals surface area contributed by atoms with Crippen LogP contribution < -0.4 is 10.1 Å². The Bertz CT molecular complexity index is 302. The van der Waals surface area contributed by atoms with Crippen LogP contribution in [0, 0.1) is 0 Å². The van der Waals surface area contributed by atoms with E-state index in [-0.39, 0.29) is 6.04 Å². The second-order valence-corrected chi connectivity index (χ2v) is 3.61. The van der Waals surface area contributed by atoms with Crippen LogP contribution in [-0.2, 0) is 4.74 Å². The summed E-state index contributed by atoms with van der Waals surface area (Å²) in [4.78, 5) is 0. The molecule has 0 spiro atoms. The van der Waals surface area contributed by atoms with Crippen LogP contribution in [-0.4, -0.2) is 26.9 Å². The molecule has 0 saturated heterocycles. The van der Waals surface area contributed by atoms with Gasteiger partial charge in [-0.1, -0.05) is 18.2 Å². The highest BCUT2D eigenvalue weighted by atomic mass is 16.5. The Kier molecular flexibility index (Phi) is 5.90. The number of methoxy groups -OCH3 is 1. The highest BCUT2D eigenvalue weighted by molar-refractivity contribution is 5.35. The van der Waals surface area contributed by atoms with Gasteiger partial charge in [0.15, 0.2) is 0 Å². The molecule has 90 valence electrons. The minimum absolute atomic E-state index is 0.275. The largest absolute Gasteiger partial charge is 0.496 e. The van der Waals surface area contributed by atoms with Gasteiger partial charge in [0, 0.05) is 24.8 Å². The van der Waals surface area contributed by atoms with E-state index in [4.69, 9.17) is 9.47 Å². The average molecular weight is 223 g/mol. The van der Waals surface area contributed by atoms with Crippen molar-refractivity contribution in [3.8, 4) is 5.75 Å². The summed E-state index contributed by atoms with van der Waals surface area (Å²) in [6.45, 7) is 6.50. The highest BCUT2D eigenvalue weighted by Crippen LogP contribution is 2.23. The van der Waals surface area contributed by atoms with Gasteiger partial charge in [-0.15, -0.1) is 0 Å². The number of hydrogen-bond acceptors (Lipinski definition) is 3. The summed E-state index contributed by atoms with van der Waals surface area (Å²) in [5, 5.41) is 3.40. The molecule has 0 amide bonds. The fourth-order valence-corrected chi connectivity index (χ4v) is 1.63. The zero-order valence-corrected chi connectivity index (χ0v) is 10.3. The van der Waals surface area contributed by atoms with Crippen LogP contribution in [0.1, 0.15) is 25.5 Å². The topological polar surface area (TPSA) is 30.5 Å². The third-order valence-electron chi connectivity index (χ3n) is 2.51. The van der Waals surface area contributed by atoms with E-state index in [9.17, 15) is 0 Å². The van der Waals surface area contributed by atoms with Crippen LogP contribution in [0.4, 0.5) is 0 Å². The number of ether oxygens (including phenoxy) is 2. The molecule has 1 aromatic rings. The molecule has 0 aliphatic heterocycles. The van der Waals surface area contributed by atoms with Crippen molar-refractivity contribution in [2.75, 3.05) is 26.9 Å². The van der Waals surface area contributed by atoms with Gasteiger partial charge in [-0.3, -0.25) is 0 Å². The molecule has 0 heterocycles. The lowest BCUT2D eigenvalue weighted by Crippen LogP contribution is -2.23. The van der Waals surface area contributed by atoms with Crippen molar-refractivity contribution in [3.05, 3.63) is 29.8 Å². The fraction of sp³-hybridized carbons (Fsp3) is 0.538. The van der Waals surface area contributed by atoms with Crippen LogP contribution in [0.5, 0.6) is 5.75 Å². The number of para-hydroxylation sites is 1. The summed E-state index contributed by atoms with van der Waals surface area (Å²) in [6.07, 6.45) is 0. The number of hydrogen-bond donors (Lipinski definition) is 1. The van der Waals surface area contributed by atoms with E-state index in [2.05, 4.69) is 18.3 Å². The van der Waals surface area contributed by atoms with E-state index < -0.39 is 0 Å². The van der Waals surface area contributed by atoms with Crippen molar-refractivity contribution in [1.82, 2.24) is 5.32 Å². The fourth-order valence-electron chi connectivity index (χ4n) is 1.63. The lowest BCUT2D eigenvalue weighted by atomic mass is 10.1. The standard InChI is InChI=1S/C13H21NO2/c1-4-16-10-9-14-11(2)12-7-5-6-8-13(12)15-3/h5-8,11,14H,4,9-10H2,1-3H3/t11-/m1/s1. The Morgan fingerprint density at radius 3 is 2.75 bits per heavy atom. The molecule has 16 heavy (non-hydrogen) atoms. The molecule has 1 N–H and O–H groups in total. The molecule has 0 bridgehead atoms. The molecule has 0 aliphatic rings. The molecular formula is C13H21NO2. The normalized spacial score (nSPS) is 12.4. The predicted molar refractivity (Wildman–Crippen MR) is 65.9 cm³/mol. The molecule has 0 saturated carbocycles. The number of rotatable bonds is 7. The number of nitrogens with one attached hydrogen (secondary N) is 1. The summed E-state index contributed by atoms with van der Waals surface area (Å²) in [5.41, 5.74) is 1.18. The van der Waals surface area contributed by atoms with Gasteiger partial charge < -0.3 is 14.8 Å². The summed E-state index contributed by atoms with van der Waals surface area (Å²) >= 11 is 0. The smallest absolute Gasteiger partial charge is 0.123 e. The first-order valence-corrected chi connectivity index (χ1v) is 5.73. The molecule has 0 unspecified atom stereocenters. The first kappa shape index (κ1) is 13.0. The Balaban J connectivity index is 2.48. The van der Waals surface area contributed by atoms with Gasteiger partial charge in [-0.25, -0.2) is 0 Å². The molecule has 0 aliphatic carbocycles. The third-order valence-corrected chi connectivity index (χ3v) is 2.51. The second-order valence-electron chi connectivity index (χ2n) is 3.61. The molecule has 1 aromatic carbocycles. The summed E-state index contributed by atoms with van der Waals surface area (Å²) in [5.74, 6) is 0.930. The maximum absolute atomic E-state index is 5.32. The third kappa shape index (κ3) is 3.83. The van der Waals surface area contributed by atoms with Crippen LogP contribution in [0.3, 0.4) is 0 Å². The maximum atomic E-state index is 5.32. The lowest BCUT2D eigenvalue weighted by Gasteiger charge is -2.17. The first-order chi connectivity index (χ1) is 7.79. The SMILES string of the molecule is CCOCCN[C@H](C)c1ccccc1OC. The Morgan fingerprint density at radius 2 is 2.06 bits per heavy atom. The zero-order chi connectivity index (χ0) is 11.8. The van der Waals surface area contributed by atoms with E-state index in [0.717, 1.165) is 25.5 Å². The van der Waals surface area contributed by atoms with Crippen molar-refractivity contribution < 1.29 is 9.47 Å². The molecule has 3 nitrogen and oxygen atoms in total. The Labute approximate surface area is 97.8 Å². The van der Waals surface area contributed by atoms with Crippen LogP contribution in [0.25, 0.3) is 0 Å². The van der Waals surface area contributed by atoms with Gasteiger partial charge in [0.1, 0.15) is 5.75 Å². The minimum Gasteiger partial charge on any atom is -0.496 e. The summed E-state index contributed by atoms with van der Waals surface area (Å²) in [6, 6.07) is 8.35. The molecule has 1 rings (SSSR count). The highest BCUT2D eigenvalue weighted by Gasteiger charge is 2.09. The summed E-state index contributed by atoms with van der Waals surface area (Å²) in [7, 11) is 1.70. The maximum Gasteiger partial charge on any atom is 0.123 e. The molecule has 0 aromatic heterocycles. The van der Waals surface area contributed by atoms with E-state index in [1.165, 1.54) is 5.56 Å². The van der Waals surface area contributed by atoms with Crippen LogP contribution in [0.2, 0.25) is 0 Å². The van der Waals surface area contributed by atoms with Crippen molar-refractivity contribution in [2.45, 2.75) is 19.9 Å². The van der Waals surface area contributed by atoms with E-state index in [1.807, 2.05) is 25.1 Å². The average Bonchev–Trinajstić information content (AvgIpc) is 2.34. The van der Waals surface area contributed by atoms with E-state index in [1.54, 1.807) is 7.11 Å². The van der Waals surface area contributed by atoms with Crippen molar-refractivity contribution in [1.29, 1.82) is 0 Å². The van der Waals surface area contributed by atoms with Gasteiger partial charge in [-0.2, -0.15) is 0 Å². The molecule has 3 heteroatoms. The molecular weight excluding hydrogens is 202 g/mol. The Hall–Kier alpha value is -1.06. The molecule has 1 atom stereocenters. The lowest BCUT2D eigenvalue weighted by molar-refractivity contribution is 0.147. The van der Waals surface area contributed by atoms with Gasteiger partial charge in [0.05, 0.1) is 13.7 Å². The second kappa shape index (κ2) is 7.25. The quantitative estimate of drug-likeness (QED) is 0.720. The van der Waals surface area contributed by atoms with Crippen molar-refractivity contribution in [2.24, 2.45) is 0 Å². The minimum atomic E-state index is 0.275. The number of benzene rings is 1. The van der Waals surface area contributed by atoms with E-state index in [0.29, 0.717) is 0 Å². The van der Waals surface area contributed by atoms with Gasteiger partial charge in [0.25, 0.3) is 0 Å². The van der Waals surface area contributed by atoms with E-state index >= 15 is 0 Å². The van der Waals surface area contributed by atoms with Crippen LogP contribution in [0.15, 0.2) is 24.3 Å². The van der Waals surface area contributed by atoms with Gasteiger partial charge in [-0.05, 0) is 19.9 Å². The summed E-state index contributed by atoms with van der Waals surface area (Å²) < 4.78 is 10.6. The zero-order valence-electron chi connectivity index (χ0n) is 10.3. The van der Waals surface area contributed by atoms with Crippen LogP contribution >= 0.6 is 0 Å². The molecule has 0 fully saturated rings. The van der Waals surface area contributed by atoms with Crippen molar-refractivity contribution in [3.63, 3.8) is 0 Å². The Morgan fingerprint density at radius 1 is 1.31 bits per heavy atom. The molecule has 0 radical (unpaired) electrons.